The highest BCUT2D eigenvalue weighted by Crippen LogP contribution is 2.20. The Morgan fingerprint density at radius 1 is 1.33 bits per heavy atom. The van der Waals surface area contributed by atoms with E-state index in [1.165, 1.54) is 6.42 Å². The first kappa shape index (κ1) is 15.4. The van der Waals surface area contributed by atoms with Gasteiger partial charge in [-0.05, 0) is 45.2 Å². The molecule has 4 nitrogen and oxygen atoms in total. The van der Waals surface area contributed by atoms with Crippen molar-refractivity contribution in [2.24, 2.45) is 5.92 Å². The topological polar surface area (TPSA) is 41.6 Å². The van der Waals surface area contributed by atoms with Gasteiger partial charge in [-0.1, -0.05) is 6.92 Å². The normalized spacial score (nSPS) is 17.1. The monoisotopic (exact) mass is 256 g/mol. The third-order valence-electron chi connectivity index (χ3n) is 3.58. The van der Waals surface area contributed by atoms with Crippen LogP contribution in [0, 0.1) is 5.92 Å². The predicted octanol–water partition coefficient (Wildman–Crippen LogP) is 1.65. The number of carbonyl (C=O) groups is 1. The summed E-state index contributed by atoms with van der Waals surface area (Å²) in [6.45, 7) is 6.37. The zero-order valence-corrected chi connectivity index (χ0v) is 11.9. The first-order valence-corrected chi connectivity index (χ1v) is 7.28. The summed E-state index contributed by atoms with van der Waals surface area (Å²) in [5.74, 6) is 1.05. The molecule has 1 N–H and O–H groups in total. The Bertz CT molecular complexity index is 226. The van der Waals surface area contributed by atoms with Gasteiger partial charge < -0.3 is 15.0 Å². The van der Waals surface area contributed by atoms with Crippen molar-refractivity contribution in [2.75, 3.05) is 39.9 Å². The summed E-state index contributed by atoms with van der Waals surface area (Å²) in [5, 5.41) is 3.19. The van der Waals surface area contributed by atoms with Gasteiger partial charge in [0.1, 0.15) is 0 Å². The quantitative estimate of drug-likeness (QED) is 0.671. The molecular formula is C14H28N2O2. The molecule has 106 valence electrons. The van der Waals surface area contributed by atoms with Crippen LogP contribution in [0.15, 0.2) is 0 Å². The largest absolute Gasteiger partial charge is 0.381 e. The summed E-state index contributed by atoms with van der Waals surface area (Å²) < 4.78 is 5.36. The van der Waals surface area contributed by atoms with Crippen LogP contribution in [0.1, 0.15) is 39.0 Å². The van der Waals surface area contributed by atoms with E-state index in [9.17, 15) is 4.79 Å². The van der Waals surface area contributed by atoms with Crippen LogP contribution >= 0.6 is 0 Å². The maximum atomic E-state index is 11.9. The number of hydrogen-bond donors (Lipinski definition) is 1. The molecule has 1 aliphatic heterocycles. The van der Waals surface area contributed by atoms with Gasteiger partial charge in [-0.3, -0.25) is 4.79 Å². The van der Waals surface area contributed by atoms with Crippen molar-refractivity contribution < 1.29 is 9.53 Å². The number of amides is 1. The van der Waals surface area contributed by atoms with Crippen molar-refractivity contribution >= 4 is 5.91 Å². The molecule has 1 rings (SSSR count). The van der Waals surface area contributed by atoms with Gasteiger partial charge in [0.15, 0.2) is 0 Å². The second-order valence-corrected chi connectivity index (χ2v) is 5.08. The van der Waals surface area contributed by atoms with E-state index < -0.39 is 0 Å². The van der Waals surface area contributed by atoms with Crippen molar-refractivity contribution in [1.82, 2.24) is 10.2 Å². The summed E-state index contributed by atoms with van der Waals surface area (Å²) in [6.07, 6.45) is 5.11. The molecule has 0 aromatic rings. The zero-order chi connectivity index (χ0) is 13.2. The van der Waals surface area contributed by atoms with Crippen LogP contribution in [0.4, 0.5) is 0 Å². The summed E-state index contributed by atoms with van der Waals surface area (Å²) in [7, 11) is 1.99. The van der Waals surface area contributed by atoms with E-state index in [1.54, 1.807) is 0 Å². The highest BCUT2D eigenvalue weighted by molar-refractivity contribution is 5.76. The number of hydrogen-bond acceptors (Lipinski definition) is 3. The zero-order valence-electron chi connectivity index (χ0n) is 11.9. The molecule has 0 bridgehead atoms. The molecule has 1 heterocycles. The van der Waals surface area contributed by atoms with Crippen LogP contribution in [0.25, 0.3) is 0 Å². The molecule has 1 aliphatic rings. The molecule has 18 heavy (non-hydrogen) atoms. The first-order valence-electron chi connectivity index (χ1n) is 7.28. The standard InChI is InChI=1S/C14H28N2O2/c1-3-11-18-12-7-14(17)16-9-5-13(6-10-16)4-8-15-2/h13,15H,3-12H2,1-2H3. The van der Waals surface area contributed by atoms with Gasteiger partial charge in [-0.25, -0.2) is 0 Å². The van der Waals surface area contributed by atoms with Gasteiger partial charge in [0.05, 0.1) is 13.0 Å². The minimum atomic E-state index is 0.262. The van der Waals surface area contributed by atoms with Gasteiger partial charge >= 0.3 is 0 Å². The molecular weight excluding hydrogens is 228 g/mol. The highest BCUT2D eigenvalue weighted by Gasteiger charge is 2.21. The first-order chi connectivity index (χ1) is 8.77. The van der Waals surface area contributed by atoms with Crippen molar-refractivity contribution in [3.05, 3.63) is 0 Å². The van der Waals surface area contributed by atoms with Crippen molar-refractivity contribution in [3.8, 4) is 0 Å². The Balaban J connectivity index is 2.11. The van der Waals surface area contributed by atoms with Gasteiger partial charge in [-0.15, -0.1) is 0 Å². The average molecular weight is 256 g/mol. The van der Waals surface area contributed by atoms with Crippen molar-refractivity contribution in [1.29, 1.82) is 0 Å². The molecule has 4 heteroatoms. The Hall–Kier alpha value is -0.610. The fraction of sp³-hybridized carbons (Fsp3) is 0.929. The van der Waals surface area contributed by atoms with E-state index in [-0.39, 0.29) is 5.91 Å². The second-order valence-electron chi connectivity index (χ2n) is 5.08. The lowest BCUT2D eigenvalue weighted by atomic mass is 9.93. The van der Waals surface area contributed by atoms with Crippen molar-refractivity contribution in [3.63, 3.8) is 0 Å². The van der Waals surface area contributed by atoms with Gasteiger partial charge in [0, 0.05) is 19.7 Å². The third kappa shape index (κ3) is 5.83. The molecule has 0 saturated carbocycles. The second kappa shape index (κ2) is 9.34. The molecule has 0 aliphatic carbocycles. The molecule has 1 fully saturated rings. The summed E-state index contributed by atoms with van der Waals surface area (Å²) >= 11 is 0. The number of ether oxygens (including phenoxy) is 1. The fourth-order valence-corrected chi connectivity index (χ4v) is 2.38. The summed E-state index contributed by atoms with van der Waals surface area (Å²) in [6, 6.07) is 0. The number of carbonyl (C=O) groups excluding carboxylic acids is 1. The third-order valence-corrected chi connectivity index (χ3v) is 3.58. The summed E-state index contributed by atoms with van der Waals surface area (Å²) in [4.78, 5) is 13.9. The highest BCUT2D eigenvalue weighted by atomic mass is 16.5. The van der Waals surface area contributed by atoms with Crippen LogP contribution in [-0.2, 0) is 9.53 Å². The molecule has 0 spiro atoms. The van der Waals surface area contributed by atoms with E-state index in [4.69, 9.17) is 4.74 Å². The Morgan fingerprint density at radius 3 is 2.67 bits per heavy atom. The average Bonchev–Trinajstić information content (AvgIpc) is 2.41. The number of nitrogens with zero attached hydrogens (tertiary/aromatic N) is 1. The fourth-order valence-electron chi connectivity index (χ4n) is 2.38. The predicted molar refractivity (Wildman–Crippen MR) is 73.6 cm³/mol. The Kier molecular flexibility index (Phi) is 8.01. The van der Waals surface area contributed by atoms with E-state index in [0.717, 1.165) is 51.4 Å². The smallest absolute Gasteiger partial charge is 0.224 e. The minimum absolute atomic E-state index is 0.262. The summed E-state index contributed by atoms with van der Waals surface area (Å²) in [5.41, 5.74) is 0. The molecule has 1 saturated heterocycles. The van der Waals surface area contributed by atoms with Gasteiger partial charge in [0.2, 0.25) is 5.91 Å². The lowest BCUT2D eigenvalue weighted by Gasteiger charge is -2.32. The molecule has 1 amide bonds. The Morgan fingerprint density at radius 2 is 2.06 bits per heavy atom. The van der Waals surface area contributed by atoms with Crippen LogP contribution in [0.3, 0.4) is 0 Å². The van der Waals surface area contributed by atoms with Crippen LogP contribution < -0.4 is 5.32 Å². The number of piperidine rings is 1. The molecule has 0 aromatic heterocycles. The SMILES string of the molecule is CCCOCCC(=O)N1CCC(CCNC)CC1. The maximum absolute atomic E-state index is 11.9. The molecule has 0 unspecified atom stereocenters. The lowest BCUT2D eigenvalue weighted by Crippen LogP contribution is -2.39. The van der Waals surface area contributed by atoms with E-state index in [1.807, 2.05) is 11.9 Å². The van der Waals surface area contributed by atoms with E-state index in [0.29, 0.717) is 13.0 Å². The van der Waals surface area contributed by atoms with E-state index >= 15 is 0 Å². The number of likely N-dealkylation sites (tertiary alicyclic amines) is 1. The number of rotatable bonds is 8. The van der Waals surface area contributed by atoms with E-state index in [2.05, 4.69) is 12.2 Å². The molecule has 0 aromatic carbocycles. The Labute approximate surface area is 111 Å². The minimum Gasteiger partial charge on any atom is -0.381 e. The van der Waals surface area contributed by atoms with Gasteiger partial charge in [-0.2, -0.15) is 0 Å². The number of nitrogens with one attached hydrogen (secondary N) is 1. The molecule has 0 radical (unpaired) electrons. The maximum Gasteiger partial charge on any atom is 0.224 e. The molecule has 0 atom stereocenters. The van der Waals surface area contributed by atoms with Crippen LogP contribution in [0.2, 0.25) is 0 Å². The lowest BCUT2D eigenvalue weighted by molar-refractivity contribution is -0.133. The van der Waals surface area contributed by atoms with Crippen LogP contribution in [0.5, 0.6) is 0 Å². The van der Waals surface area contributed by atoms with Gasteiger partial charge in [0.25, 0.3) is 0 Å². The van der Waals surface area contributed by atoms with Crippen molar-refractivity contribution in [2.45, 2.75) is 39.0 Å². The van der Waals surface area contributed by atoms with Crippen LogP contribution in [-0.4, -0.2) is 50.7 Å².